The van der Waals surface area contributed by atoms with E-state index in [2.05, 4.69) is 55.8 Å². The molecule has 0 aliphatic carbocycles. The average Bonchev–Trinajstić information content (AvgIpc) is 3.18. The molecule has 0 unspecified atom stereocenters. The van der Waals surface area contributed by atoms with Gasteiger partial charge in [-0.2, -0.15) is 0 Å². The van der Waals surface area contributed by atoms with Crippen molar-refractivity contribution in [3.8, 4) is 0 Å². The molecular formula is C22H31N5O. The third-order valence-corrected chi connectivity index (χ3v) is 6.58. The predicted octanol–water partition coefficient (Wildman–Crippen LogP) is 2.75. The highest BCUT2D eigenvalue weighted by atomic mass is 16.2. The smallest absolute Gasteiger partial charge is 0.222 e. The summed E-state index contributed by atoms with van der Waals surface area (Å²) in [6.45, 7) is 7.85. The lowest BCUT2D eigenvalue weighted by molar-refractivity contribution is -0.139. The molecule has 4 rings (SSSR count). The zero-order valence-electron chi connectivity index (χ0n) is 16.9. The van der Waals surface area contributed by atoms with Crippen LogP contribution >= 0.6 is 0 Å². The van der Waals surface area contributed by atoms with Crippen LogP contribution in [-0.2, 0) is 24.3 Å². The van der Waals surface area contributed by atoms with Crippen molar-refractivity contribution in [1.29, 1.82) is 0 Å². The van der Waals surface area contributed by atoms with Gasteiger partial charge < -0.3 is 9.47 Å². The first kappa shape index (κ1) is 19.1. The number of hydrogen-bond donors (Lipinski definition) is 0. The third kappa shape index (κ3) is 4.27. The molecule has 2 aliphatic heterocycles. The number of aryl methyl sites for hydroxylation is 1. The number of aromatic nitrogens is 3. The molecule has 2 saturated heterocycles. The number of benzene rings is 1. The molecule has 2 fully saturated rings. The highest BCUT2D eigenvalue weighted by Crippen LogP contribution is 2.40. The number of rotatable bonds is 6. The van der Waals surface area contributed by atoms with E-state index < -0.39 is 0 Å². The largest absolute Gasteiger partial charge is 0.342 e. The Morgan fingerprint density at radius 3 is 2.64 bits per heavy atom. The Hall–Kier alpha value is -2.21. The van der Waals surface area contributed by atoms with Gasteiger partial charge in [-0.3, -0.25) is 9.69 Å². The first-order valence-corrected chi connectivity index (χ1v) is 10.6. The molecule has 2 aromatic rings. The fraction of sp³-hybridized carbons (Fsp3) is 0.591. The molecule has 1 spiro atoms. The van der Waals surface area contributed by atoms with Crippen LogP contribution < -0.4 is 0 Å². The molecule has 3 heterocycles. The van der Waals surface area contributed by atoms with Crippen LogP contribution in [0.1, 0.15) is 44.0 Å². The maximum Gasteiger partial charge on any atom is 0.222 e. The van der Waals surface area contributed by atoms with E-state index in [1.807, 2.05) is 12.4 Å². The van der Waals surface area contributed by atoms with Gasteiger partial charge in [0.25, 0.3) is 0 Å². The first-order chi connectivity index (χ1) is 13.7. The topological polar surface area (TPSA) is 54.3 Å². The van der Waals surface area contributed by atoms with Crippen molar-refractivity contribution in [3.63, 3.8) is 0 Å². The van der Waals surface area contributed by atoms with E-state index in [9.17, 15) is 4.79 Å². The summed E-state index contributed by atoms with van der Waals surface area (Å²) in [7, 11) is 0. The second-order valence-corrected chi connectivity index (χ2v) is 8.36. The first-order valence-electron chi connectivity index (χ1n) is 10.6. The lowest BCUT2D eigenvalue weighted by Crippen LogP contribution is -2.51. The van der Waals surface area contributed by atoms with Gasteiger partial charge in [0.2, 0.25) is 5.91 Å². The summed E-state index contributed by atoms with van der Waals surface area (Å²) < 4.78 is 2.12. The number of amides is 1. The van der Waals surface area contributed by atoms with Gasteiger partial charge in [-0.15, -0.1) is 10.2 Å². The molecule has 1 aromatic heterocycles. The van der Waals surface area contributed by atoms with Crippen molar-refractivity contribution >= 4 is 5.91 Å². The number of likely N-dealkylation sites (tertiary alicyclic amines) is 2. The second kappa shape index (κ2) is 8.43. The van der Waals surface area contributed by atoms with E-state index in [4.69, 9.17) is 0 Å². The molecule has 6 heteroatoms. The second-order valence-electron chi connectivity index (χ2n) is 8.36. The van der Waals surface area contributed by atoms with Gasteiger partial charge in [0.15, 0.2) is 0 Å². The highest BCUT2D eigenvalue weighted by Gasteiger charge is 2.40. The maximum absolute atomic E-state index is 12.5. The molecular weight excluding hydrogens is 350 g/mol. The quantitative estimate of drug-likeness (QED) is 0.772. The lowest BCUT2D eigenvalue weighted by Gasteiger charge is -2.47. The summed E-state index contributed by atoms with van der Waals surface area (Å²) in [5.74, 6) is 1.39. The Kier molecular flexibility index (Phi) is 5.76. The summed E-state index contributed by atoms with van der Waals surface area (Å²) in [6, 6.07) is 10.5. The van der Waals surface area contributed by atoms with Crippen molar-refractivity contribution in [2.45, 2.75) is 52.1 Å². The number of piperidine rings is 2. The molecule has 150 valence electrons. The van der Waals surface area contributed by atoms with E-state index >= 15 is 0 Å². The molecule has 0 radical (unpaired) electrons. The molecule has 2 aliphatic rings. The van der Waals surface area contributed by atoms with Gasteiger partial charge >= 0.3 is 0 Å². The van der Waals surface area contributed by atoms with Crippen LogP contribution in [0.15, 0.2) is 36.7 Å². The fourth-order valence-electron chi connectivity index (χ4n) is 4.67. The Labute approximate surface area is 167 Å². The fourth-order valence-corrected chi connectivity index (χ4v) is 4.67. The van der Waals surface area contributed by atoms with Crippen LogP contribution in [0.3, 0.4) is 0 Å². The van der Waals surface area contributed by atoms with Gasteiger partial charge in [-0.1, -0.05) is 30.3 Å². The predicted molar refractivity (Wildman–Crippen MR) is 109 cm³/mol. The van der Waals surface area contributed by atoms with Gasteiger partial charge in [-0.25, -0.2) is 0 Å². The lowest BCUT2D eigenvalue weighted by atomic mass is 9.72. The number of carbonyl (C=O) groups excluding carboxylic acids is 1. The monoisotopic (exact) mass is 381 g/mol. The average molecular weight is 382 g/mol. The van der Waals surface area contributed by atoms with Crippen LogP contribution in [0.2, 0.25) is 0 Å². The van der Waals surface area contributed by atoms with Gasteiger partial charge in [-0.05, 0) is 56.7 Å². The Balaban J connectivity index is 1.32. The minimum atomic E-state index is 0.305. The summed E-state index contributed by atoms with van der Waals surface area (Å²) in [6.07, 6.45) is 6.86. The van der Waals surface area contributed by atoms with Crippen molar-refractivity contribution in [3.05, 3.63) is 48.0 Å². The molecule has 0 atom stereocenters. The van der Waals surface area contributed by atoms with Gasteiger partial charge in [0, 0.05) is 26.1 Å². The summed E-state index contributed by atoms with van der Waals surface area (Å²) in [4.78, 5) is 17.1. The zero-order chi connectivity index (χ0) is 19.4. The Morgan fingerprint density at radius 1 is 1.11 bits per heavy atom. The van der Waals surface area contributed by atoms with E-state index in [1.165, 1.54) is 18.4 Å². The Morgan fingerprint density at radius 2 is 1.89 bits per heavy atom. The highest BCUT2D eigenvalue weighted by molar-refractivity contribution is 5.77. The standard InChI is InChI=1S/C22H31N5O/c1-2-26-18-23-24-20(26)16-25-14-11-22(12-15-25)10-8-21(28)27(17-22)13-9-19-6-4-3-5-7-19/h3-7,18H,2,8-17H2,1H3. The zero-order valence-corrected chi connectivity index (χ0v) is 16.9. The molecule has 0 saturated carbocycles. The van der Waals surface area contributed by atoms with Crippen LogP contribution in [0.5, 0.6) is 0 Å². The summed E-state index contributed by atoms with van der Waals surface area (Å²) in [5.41, 5.74) is 1.62. The molecule has 1 amide bonds. The summed E-state index contributed by atoms with van der Waals surface area (Å²) >= 11 is 0. The van der Waals surface area contributed by atoms with Gasteiger partial charge in [0.1, 0.15) is 12.2 Å². The van der Waals surface area contributed by atoms with Crippen LogP contribution in [0.4, 0.5) is 0 Å². The van der Waals surface area contributed by atoms with Gasteiger partial charge in [0.05, 0.1) is 6.54 Å². The molecule has 1 aromatic carbocycles. The number of nitrogens with zero attached hydrogens (tertiary/aromatic N) is 5. The van der Waals surface area contributed by atoms with Crippen molar-refractivity contribution in [2.24, 2.45) is 5.41 Å². The number of carbonyl (C=O) groups is 1. The third-order valence-electron chi connectivity index (χ3n) is 6.58. The van der Waals surface area contributed by atoms with Crippen LogP contribution in [-0.4, -0.2) is 56.7 Å². The maximum atomic E-state index is 12.5. The molecule has 6 nitrogen and oxygen atoms in total. The SMILES string of the molecule is CCn1cnnc1CN1CCC2(CCC(=O)N(CCc3ccccc3)C2)CC1. The van der Waals surface area contributed by atoms with Crippen LogP contribution in [0, 0.1) is 5.41 Å². The minimum absolute atomic E-state index is 0.305. The van der Waals surface area contributed by atoms with Crippen molar-refractivity contribution < 1.29 is 4.79 Å². The van der Waals surface area contributed by atoms with E-state index in [0.717, 1.165) is 57.9 Å². The normalized spacial score (nSPS) is 20.0. The van der Waals surface area contributed by atoms with E-state index in [-0.39, 0.29) is 0 Å². The van der Waals surface area contributed by atoms with Crippen LogP contribution in [0.25, 0.3) is 0 Å². The number of hydrogen-bond acceptors (Lipinski definition) is 4. The Bertz CT molecular complexity index is 779. The summed E-state index contributed by atoms with van der Waals surface area (Å²) in [5, 5.41) is 8.33. The molecule has 28 heavy (non-hydrogen) atoms. The van der Waals surface area contributed by atoms with Crippen molar-refractivity contribution in [2.75, 3.05) is 26.2 Å². The minimum Gasteiger partial charge on any atom is -0.342 e. The van der Waals surface area contributed by atoms with E-state index in [0.29, 0.717) is 17.7 Å². The van der Waals surface area contributed by atoms with E-state index in [1.54, 1.807) is 0 Å². The molecule has 0 N–H and O–H groups in total. The molecule has 0 bridgehead atoms. The van der Waals surface area contributed by atoms with Crippen molar-refractivity contribution in [1.82, 2.24) is 24.6 Å².